The van der Waals surface area contributed by atoms with Crippen LogP contribution in [0.2, 0.25) is 0 Å². The summed E-state index contributed by atoms with van der Waals surface area (Å²) < 4.78 is 0. The first kappa shape index (κ1) is 12.5. The second kappa shape index (κ2) is 5.61. The molecule has 2 aromatic rings. The van der Waals surface area contributed by atoms with Gasteiger partial charge in [-0.2, -0.15) is 0 Å². The zero-order chi connectivity index (χ0) is 13.7. The summed E-state index contributed by atoms with van der Waals surface area (Å²) in [7, 11) is 0. The first-order valence-electron chi connectivity index (χ1n) is 5.61. The second-order valence-corrected chi connectivity index (χ2v) is 3.85. The van der Waals surface area contributed by atoms with Gasteiger partial charge < -0.3 is 15.7 Å². The zero-order valence-electron chi connectivity index (χ0n) is 10.1. The number of aromatic hydroxyl groups is 1. The van der Waals surface area contributed by atoms with Gasteiger partial charge in [-0.25, -0.2) is 4.79 Å². The maximum Gasteiger partial charge on any atom is 0.323 e. The molecule has 0 aliphatic heterocycles. The maximum absolute atomic E-state index is 11.7. The molecule has 0 saturated carbocycles. The number of anilines is 2. The predicted octanol–water partition coefficient (Wildman–Crippen LogP) is 3.02. The molecule has 0 fully saturated rings. The summed E-state index contributed by atoms with van der Waals surface area (Å²) in [5, 5.41) is 14.5. The van der Waals surface area contributed by atoms with Gasteiger partial charge in [0.05, 0.1) is 0 Å². The van der Waals surface area contributed by atoms with Gasteiger partial charge in [0.1, 0.15) is 5.75 Å². The van der Waals surface area contributed by atoms with Crippen molar-refractivity contribution in [3.05, 3.63) is 54.1 Å². The van der Waals surface area contributed by atoms with Crippen molar-refractivity contribution in [3.63, 3.8) is 0 Å². The van der Waals surface area contributed by atoms with Crippen LogP contribution in [0.4, 0.5) is 16.2 Å². The number of amides is 2. The summed E-state index contributed by atoms with van der Waals surface area (Å²) in [6, 6.07) is 12.8. The van der Waals surface area contributed by atoms with E-state index in [1.807, 2.05) is 0 Å². The molecular weight excluding hydrogens is 240 g/mol. The van der Waals surface area contributed by atoms with E-state index in [-0.39, 0.29) is 11.8 Å². The molecule has 0 aliphatic rings. The highest BCUT2D eigenvalue weighted by Crippen LogP contribution is 2.15. The van der Waals surface area contributed by atoms with Gasteiger partial charge in [-0.3, -0.25) is 0 Å². The number of phenols is 1. The number of carbonyl (C=O) groups excluding carboxylic acids is 1. The number of nitrogens with one attached hydrogen (secondary N) is 2. The van der Waals surface area contributed by atoms with Gasteiger partial charge in [-0.05, 0) is 42.5 Å². The van der Waals surface area contributed by atoms with Crippen LogP contribution in [-0.2, 0) is 0 Å². The Labute approximate surface area is 111 Å². The molecule has 4 heteroatoms. The molecule has 2 amide bonds. The van der Waals surface area contributed by atoms with Crippen LogP contribution in [0.5, 0.6) is 5.75 Å². The molecule has 2 aromatic carbocycles. The third-order valence-corrected chi connectivity index (χ3v) is 2.41. The second-order valence-electron chi connectivity index (χ2n) is 3.85. The summed E-state index contributed by atoms with van der Waals surface area (Å²) in [6.07, 6.45) is 5.29. The maximum atomic E-state index is 11.7. The number of rotatable bonds is 2. The number of urea groups is 1. The van der Waals surface area contributed by atoms with E-state index in [1.54, 1.807) is 36.4 Å². The molecule has 2 rings (SSSR count). The van der Waals surface area contributed by atoms with E-state index in [9.17, 15) is 4.79 Å². The molecule has 0 heterocycles. The average Bonchev–Trinajstić information content (AvgIpc) is 2.41. The molecule has 0 radical (unpaired) electrons. The van der Waals surface area contributed by atoms with Gasteiger partial charge in [0.15, 0.2) is 0 Å². The fourth-order valence-electron chi connectivity index (χ4n) is 1.52. The number of carbonyl (C=O) groups is 1. The van der Waals surface area contributed by atoms with Crippen molar-refractivity contribution < 1.29 is 9.90 Å². The largest absolute Gasteiger partial charge is 0.508 e. The van der Waals surface area contributed by atoms with Crippen molar-refractivity contribution in [1.29, 1.82) is 0 Å². The average molecular weight is 252 g/mol. The number of phenolic OH excluding ortho intramolecular Hbond substituents is 1. The van der Waals surface area contributed by atoms with Gasteiger partial charge >= 0.3 is 6.03 Å². The van der Waals surface area contributed by atoms with Crippen LogP contribution in [0.15, 0.2) is 48.5 Å². The van der Waals surface area contributed by atoms with Crippen molar-refractivity contribution >= 4 is 17.4 Å². The number of benzene rings is 2. The first-order chi connectivity index (χ1) is 9.17. The van der Waals surface area contributed by atoms with Crippen molar-refractivity contribution in [2.45, 2.75) is 0 Å². The smallest absolute Gasteiger partial charge is 0.323 e. The highest BCUT2D eigenvalue weighted by Gasteiger charge is 2.02. The van der Waals surface area contributed by atoms with Crippen molar-refractivity contribution in [2.75, 3.05) is 10.6 Å². The first-order valence-corrected chi connectivity index (χ1v) is 5.61. The summed E-state index contributed by atoms with van der Waals surface area (Å²) in [5.74, 6) is 2.64. The van der Waals surface area contributed by atoms with Gasteiger partial charge in [-0.15, -0.1) is 6.42 Å². The fraction of sp³-hybridized carbons (Fsp3) is 0. The van der Waals surface area contributed by atoms with Crippen LogP contribution in [0.3, 0.4) is 0 Å². The minimum absolute atomic E-state index is 0.146. The Morgan fingerprint density at radius 3 is 2.42 bits per heavy atom. The molecule has 0 aliphatic carbocycles. The molecule has 0 bridgehead atoms. The Bertz CT molecular complexity index is 627. The van der Waals surface area contributed by atoms with Crippen LogP contribution < -0.4 is 10.6 Å². The van der Waals surface area contributed by atoms with Crippen LogP contribution in [0.1, 0.15) is 5.56 Å². The molecule has 0 spiro atoms. The third kappa shape index (κ3) is 3.51. The third-order valence-electron chi connectivity index (χ3n) is 2.41. The highest BCUT2D eigenvalue weighted by molar-refractivity contribution is 5.99. The molecule has 0 atom stereocenters. The van der Waals surface area contributed by atoms with E-state index in [4.69, 9.17) is 11.5 Å². The van der Waals surface area contributed by atoms with Gasteiger partial charge in [0.2, 0.25) is 0 Å². The predicted molar refractivity (Wildman–Crippen MR) is 75.1 cm³/mol. The molecule has 19 heavy (non-hydrogen) atoms. The summed E-state index contributed by atoms with van der Waals surface area (Å²) in [4.78, 5) is 11.7. The standard InChI is InChI=1S/C15H12N2O2/c1-2-11-4-3-5-13(10-11)17-15(19)16-12-6-8-14(18)9-7-12/h1,3-10,18H,(H2,16,17,19). The Morgan fingerprint density at radius 1 is 1.05 bits per heavy atom. The number of hydrogen-bond acceptors (Lipinski definition) is 2. The van der Waals surface area contributed by atoms with Crippen LogP contribution in [-0.4, -0.2) is 11.1 Å². The zero-order valence-corrected chi connectivity index (χ0v) is 10.1. The Balaban J connectivity index is 2.01. The minimum atomic E-state index is -0.375. The van der Waals surface area contributed by atoms with Gasteiger partial charge in [0, 0.05) is 16.9 Å². The van der Waals surface area contributed by atoms with Crippen LogP contribution in [0.25, 0.3) is 0 Å². The Hall–Kier alpha value is -2.93. The quantitative estimate of drug-likeness (QED) is 0.568. The molecule has 0 saturated heterocycles. The SMILES string of the molecule is C#Cc1cccc(NC(=O)Nc2ccc(O)cc2)c1. The molecular formula is C15H12N2O2. The molecule has 0 aromatic heterocycles. The minimum Gasteiger partial charge on any atom is -0.508 e. The van der Waals surface area contributed by atoms with E-state index in [2.05, 4.69) is 16.6 Å². The summed E-state index contributed by atoms with van der Waals surface area (Å²) in [6.45, 7) is 0. The van der Waals surface area contributed by atoms with Crippen molar-refractivity contribution in [2.24, 2.45) is 0 Å². The lowest BCUT2D eigenvalue weighted by molar-refractivity contribution is 0.262. The molecule has 3 N–H and O–H groups in total. The monoisotopic (exact) mass is 252 g/mol. The normalized spacial score (nSPS) is 9.42. The highest BCUT2D eigenvalue weighted by atomic mass is 16.3. The van der Waals surface area contributed by atoms with E-state index >= 15 is 0 Å². The lowest BCUT2D eigenvalue weighted by Gasteiger charge is -2.08. The Morgan fingerprint density at radius 2 is 1.74 bits per heavy atom. The lowest BCUT2D eigenvalue weighted by Crippen LogP contribution is -2.19. The van der Waals surface area contributed by atoms with Crippen molar-refractivity contribution in [1.82, 2.24) is 0 Å². The fourth-order valence-corrected chi connectivity index (χ4v) is 1.52. The van der Waals surface area contributed by atoms with Crippen molar-refractivity contribution in [3.8, 4) is 18.1 Å². The van der Waals surface area contributed by atoms with E-state index in [0.29, 0.717) is 16.9 Å². The number of terminal acetylenes is 1. The van der Waals surface area contributed by atoms with Crippen LogP contribution >= 0.6 is 0 Å². The van der Waals surface area contributed by atoms with Gasteiger partial charge in [-0.1, -0.05) is 12.0 Å². The van der Waals surface area contributed by atoms with E-state index < -0.39 is 0 Å². The topological polar surface area (TPSA) is 61.4 Å². The van der Waals surface area contributed by atoms with Gasteiger partial charge in [0.25, 0.3) is 0 Å². The molecule has 0 unspecified atom stereocenters. The molecule has 4 nitrogen and oxygen atoms in total. The Kier molecular flexibility index (Phi) is 3.70. The van der Waals surface area contributed by atoms with E-state index in [0.717, 1.165) is 0 Å². The molecule has 94 valence electrons. The summed E-state index contributed by atoms with van der Waals surface area (Å²) >= 11 is 0. The lowest BCUT2D eigenvalue weighted by atomic mass is 10.2. The van der Waals surface area contributed by atoms with Crippen LogP contribution in [0, 0.1) is 12.3 Å². The summed E-state index contributed by atoms with van der Waals surface area (Å²) in [5.41, 5.74) is 1.90. The number of hydrogen-bond donors (Lipinski definition) is 3. The van der Waals surface area contributed by atoms with E-state index in [1.165, 1.54) is 12.1 Å².